The molecule has 0 aromatic heterocycles. The first-order valence-corrected chi connectivity index (χ1v) is 7.18. The second kappa shape index (κ2) is 6.42. The third-order valence-electron chi connectivity index (χ3n) is 2.77. The second-order valence-corrected chi connectivity index (χ2v) is 6.05. The van der Waals surface area contributed by atoms with Crippen molar-refractivity contribution in [1.82, 2.24) is 4.90 Å². The third-order valence-corrected chi connectivity index (χ3v) is 3.49. The molecule has 100 valence electrons. The summed E-state index contributed by atoms with van der Waals surface area (Å²) in [4.78, 5) is 2.23. The second-order valence-electron chi connectivity index (χ2n) is 4.70. The van der Waals surface area contributed by atoms with Crippen molar-refractivity contribution in [3.8, 4) is 0 Å². The maximum absolute atomic E-state index is 6.01. The summed E-state index contributed by atoms with van der Waals surface area (Å²) >= 11 is 9.50. The van der Waals surface area contributed by atoms with Gasteiger partial charge in [0, 0.05) is 28.3 Å². The fourth-order valence-electron chi connectivity index (χ4n) is 2.08. The SMILES string of the molecule is CN(Cc1cc(N)cc(Cl)c1)Cc1cccc(Br)c1. The molecule has 2 nitrogen and oxygen atoms in total. The number of nitrogens with zero attached hydrogens (tertiary/aromatic N) is 1. The van der Waals surface area contributed by atoms with Crippen LogP contribution in [0.25, 0.3) is 0 Å². The number of hydrogen-bond acceptors (Lipinski definition) is 2. The number of anilines is 1. The zero-order chi connectivity index (χ0) is 13.8. The predicted molar refractivity (Wildman–Crippen MR) is 85.2 cm³/mol. The van der Waals surface area contributed by atoms with E-state index >= 15 is 0 Å². The van der Waals surface area contributed by atoms with Gasteiger partial charge in [-0.15, -0.1) is 0 Å². The zero-order valence-electron chi connectivity index (χ0n) is 10.7. The van der Waals surface area contributed by atoms with Crippen molar-refractivity contribution in [3.05, 3.63) is 63.1 Å². The van der Waals surface area contributed by atoms with E-state index in [1.807, 2.05) is 24.3 Å². The van der Waals surface area contributed by atoms with Gasteiger partial charge < -0.3 is 5.73 Å². The van der Waals surface area contributed by atoms with Gasteiger partial charge in [0.1, 0.15) is 0 Å². The highest BCUT2D eigenvalue weighted by atomic mass is 79.9. The van der Waals surface area contributed by atoms with Crippen molar-refractivity contribution < 1.29 is 0 Å². The number of rotatable bonds is 4. The molecule has 0 saturated heterocycles. The monoisotopic (exact) mass is 338 g/mol. The third kappa shape index (κ3) is 4.53. The van der Waals surface area contributed by atoms with Crippen LogP contribution in [0.3, 0.4) is 0 Å². The molecule has 2 aromatic rings. The normalized spacial score (nSPS) is 10.9. The van der Waals surface area contributed by atoms with E-state index in [1.54, 1.807) is 6.07 Å². The Morgan fingerprint density at radius 3 is 2.53 bits per heavy atom. The van der Waals surface area contributed by atoms with Gasteiger partial charge in [-0.05, 0) is 48.5 Å². The Morgan fingerprint density at radius 1 is 1.11 bits per heavy atom. The molecule has 0 amide bonds. The Hall–Kier alpha value is -1.03. The summed E-state index contributed by atoms with van der Waals surface area (Å²) in [5, 5.41) is 0.686. The molecule has 2 N–H and O–H groups in total. The molecule has 0 bridgehead atoms. The molecule has 0 spiro atoms. The Kier molecular flexibility index (Phi) is 4.86. The summed E-state index contributed by atoms with van der Waals surface area (Å²) in [6.07, 6.45) is 0. The topological polar surface area (TPSA) is 29.3 Å². The summed E-state index contributed by atoms with van der Waals surface area (Å²) < 4.78 is 1.10. The van der Waals surface area contributed by atoms with Crippen LogP contribution >= 0.6 is 27.5 Å². The highest BCUT2D eigenvalue weighted by Crippen LogP contribution is 2.19. The van der Waals surface area contributed by atoms with E-state index in [-0.39, 0.29) is 0 Å². The number of hydrogen-bond donors (Lipinski definition) is 1. The molecule has 0 aliphatic carbocycles. The predicted octanol–water partition coefficient (Wildman–Crippen LogP) is 4.32. The molecular formula is C15H16BrClN2. The summed E-state index contributed by atoms with van der Waals surface area (Å²) in [7, 11) is 2.08. The molecule has 0 aliphatic heterocycles. The van der Waals surface area contributed by atoms with Crippen LogP contribution in [-0.2, 0) is 13.1 Å². The van der Waals surface area contributed by atoms with Gasteiger partial charge in [0.2, 0.25) is 0 Å². The molecule has 0 aliphatic rings. The molecule has 4 heteroatoms. The maximum Gasteiger partial charge on any atom is 0.0429 e. The lowest BCUT2D eigenvalue weighted by atomic mass is 10.1. The molecule has 2 rings (SSSR count). The van der Waals surface area contributed by atoms with Gasteiger partial charge >= 0.3 is 0 Å². The van der Waals surface area contributed by atoms with E-state index in [0.717, 1.165) is 23.1 Å². The summed E-state index contributed by atoms with van der Waals surface area (Å²) in [6.45, 7) is 1.70. The molecule has 0 radical (unpaired) electrons. The van der Waals surface area contributed by atoms with Gasteiger partial charge in [0.15, 0.2) is 0 Å². The average molecular weight is 340 g/mol. The highest BCUT2D eigenvalue weighted by Gasteiger charge is 2.04. The summed E-state index contributed by atoms with van der Waals surface area (Å²) in [5.41, 5.74) is 8.90. The lowest BCUT2D eigenvalue weighted by Gasteiger charge is -2.17. The highest BCUT2D eigenvalue weighted by molar-refractivity contribution is 9.10. The van der Waals surface area contributed by atoms with Gasteiger partial charge in [-0.1, -0.05) is 39.7 Å². The first kappa shape index (κ1) is 14.4. The largest absolute Gasteiger partial charge is 0.399 e. The Balaban J connectivity index is 2.03. The Morgan fingerprint density at radius 2 is 1.84 bits per heavy atom. The van der Waals surface area contributed by atoms with E-state index < -0.39 is 0 Å². The summed E-state index contributed by atoms with van der Waals surface area (Å²) in [5.74, 6) is 0. The van der Waals surface area contributed by atoms with Gasteiger partial charge in [-0.25, -0.2) is 0 Å². The van der Waals surface area contributed by atoms with Gasteiger partial charge in [0.05, 0.1) is 0 Å². The molecule has 0 saturated carbocycles. The van der Waals surface area contributed by atoms with Crippen LogP contribution in [0.15, 0.2) is 46.9 Å². The molecule has 0 heterocycles. The van der Waals surface area contributed by atoms with Gasteiger partial charge in [0.25, 0.3) is 0 Å². The Labute approximate surface area is 127 Å². The first-order valence-electron chi connectivity index (χ1n) is 6.01. The van der Waals surface area contributed by atoms with E-state index in [9.17, 15) is 0 Å². The quantitative estimate of drug-likeness (QED) is 0.841. The molecule has 0 atom stereocenters. The van der Waals surface area contributed by atoms with Crippen molar-refractivity contribution >= 4 is 33.2 Å². The standard InChI is InChI=1S/C15H16BrClN2/c1-19(9-11-3-2-4-13(16)5-11)10-12-6-14(17)8-15(18)7-12/h2-8H,9-10,18H2,1H3. The lowest BCUT2D eigenvalue weighted by Crippen LogP contribution is -2.17. The lowest BCUT2D eigenvalue weighted by molar-refractivity contribution is 0.319. The molecule has 0 fully saturated rings. The molecule has 0 unspecified atom stereocenters. The van der Waals surface area contributed by atoms with Gasteiger partial charge in [-0.2, -0.15) is 0 Å². The average Bonchev–Trinajstić information content (AvgIpc) is 2.26. The smallest absolute Gasteiger partial charge is 0.0429 e. The number of nitrogen functional groups attached to an aromatic ring is 1. The summed E-state index contributed by atoms with van der Waals surface area (Å²) in [6, 6.07) is 14.0. The van der Waals surface area contributed by atoms with Crippen LogP contribution in [-0.4, -0.2) is 11.9 Å². The van der Waals surface area contributed by atoms with Crippen LogP contribution < -0.4 is 5.73 Å². The van der Waals surface area contributed by atoms with Crippen LogP contribution in [0.2, 0.25) is 5.02 Å². The molecule has 2 aromatic carbocycles. The fourth-order valence-corrected chi connectivity index (χ4v) is 2.79. The van der Waals surface area contributed by atoms with E-state index in [0.29, 0.717) is 10.7 Å². The van der Waals surface area contributed by atoms with E-state index in [2.05, 4.69) is 40.0 Å². The van der Waals surface area contributed by atoms with Crippen molar-refractivity contribution in [2.24, 2.45) is 0 Å². The fraction of sp³-hybridized carbons (Fsp3) is 0.200. The van der Waals surface area contributed by atoms with Crippen molar-refractivity contribution in [3.63, 3.8) is 0 Å². The van der Waals surface area contributed by atoms with Crippen LogP contribution in [0, 0.1) is 0 Å². The number of nitrogens with two attached hydrogens (primary N) is 1. The minimum Gasteiger partial charge on any atom is -0.399 e. The minimum absolute atomic E-state index is 0.686. The van der Waals surface area contributed by atoms with E-state index in [4.69, 9.17) is 17.3 Å². The number of halogens is 2. The van der Waals surface area contributed by atoms with Crippen molar-refractivity contribution in [2.75, 3.05) is 12.8 Å². The number of benzene rings is 2. The molecular weight excluding hydrogens is 324 g/mol. The van der Waals surface area contributed by atoms with Crippen LogP contribution in [0.4, 0.5) is 5.69 Å². The van der Waals surface area contributed by atoms with Crippen LogP contribution in [0.1, 0.15) is 11.1 Å². The molecule has 19 heavy (non-hydrogen) atoms. The first-order chi connectivity index (χ1) is 9.02. The van der Waals surface area contributed by atoms with Crippen molar-refractivity contribution in [2.45, 2.75) is 13.1 Å². The zero-order valence-corrected chi connectivity index (χ0v) is 13.1. The van der Waals surface area contributed by atoms with E-state index in [1.165, 1.54) is 5.56 Å². The minimum atomic E-state index is 0.686. The van der Waals surface area contributed by atoms with Crippen molar-refractivity contribution in [1.29, 1.82) is 0 Å². The maximum atomic E-state index is 6.01. The van der Waals surface area contributed by atoms with Gasteiger partial charge in [-0.3, -0.25) is 4.90 Å². The Bertz CT molecular complexity index is 552. The van der Waals surface area contributed by atoms with Crippen LogP contribution in [0.5, 0.6) is 0 Å².